The number of hydrogen-bond donors (Lipinski definition) is 3. The maximum Gasteiger partial charge on any atom is 0.252 e. The van der Waals surface area contributed by atoms with E-state index in [0.29, 0.717) is 28.3 Å². The maximum absolute atomic E-state index is 13.5. The molecule has 7 nitrogen and oxygen atoms in total. The van der Waals surface area contributed by atoms with Gasteiger partial charge in [0.15, 0.2) is 0 Å². The molecular formula is C32H29N3O4S. The summed E-state index contributed by atoms with van der Waals surface area (Å²) >= 11 is 1.54. The molecule has 8 heteroatoms. The molecule has 0 unspecified atom stereocenters. The lowest BCUT2D eigenvalue weighted by molar-refractivity contribution is -0.118. The minimum atomic E-state index is -1.03. The third-order valence-corrected chi connectivity index (χ3v) is 8.04. The Hall–Kier alpha value is -4.56. The van der Waals surface area contributed by atoms with E-state index in [4.69, 9.17) is 0 Å². The van der Waals surface area contributed by atoms with E-state index >= 15 is 0 Å². The summed E-state index contributed by atoms with van der Waals surface area (Å²) < 4.78 is 0. The number of hydrogen-bond acceptors (Lipinski definition) is 5. The van der Waals surface area contributed by atoms with Crippen molar-refractivity contribution in [2.75, 3.05) is 16.0 Å². The summed E-state index contributed by atoms with van der Waals surface area (Å²) in [7, 11) is 0. The van der Waals surface area contributed by atoms with Crippen LogP contribution < -0.4 is 15.5 Å². The SMILES string of the molecule is Cc1cccc(C)c1NC(=O)[C@H](NC(=O)c1cccc(N2C(=O)CS[C@H]2c2ccccc2)c1)c1ccc(O)cc1. The number of anilines is 2. The number of aromatic hydroxyl groups is 1. The lowest BCUT2D eigenvalue weighted by Gasteiger charge is -2.25. The van der Waals surface area contributed by atoms with Gasteiger partial charge in [0.25, 0.3) is 11.8 Å². The van der Waals surface area contributed by atoms with Crippen molar-refractivity contribution in [2.45, 2.75) is 25.3 Å². The van der Waals surface area contributed by atoms with Crippen LogP contribution in [0.15, 0.2) is 97.1 Å². The molecule has 1 heterocycles. The Labute approximate surface area is 237 Å². The van der Waals surface area contributed by atoms with Crippen molar-refractivity contribution in [1.82, 2.24) is 5.32 Å². The van der Waals surface area contributed by atoms with Crippen molar-refractivity contribution in [3.8, 4) is 5.75 Å². The van der Waals surface area contributed by atoms with Gasteiger partial charge in [-0.05, 0) is 66.4 Å². The van der Waals surface area contributed by atoms with Gasteiger partial charge in [0.1, 0.15) is 17.2 Å². The summed E-state index contributed by atoms with van der Waals surface area (Å²) in [5, 5.41) is 15.4. The van der Waals surface area contributed by atoms with Crippen molar-refractivity contribution >= 4 is 40.9 Å². The molecule has 4 aromatic rings. The summed E-state index contributed by atoms with van der Waals surface area (Å²) in [6.07, 6.45) is 0. The number of carbonyl (C=O) groups is 3. The molecule has 2 atom stereocenters. The monoisotopic (exact) mass is 551 g/mol. The molecule has 3 amide bonds. The van der Waals surface area contributed by atoms with Gasteiger partial charge in [0.2, 0.25) is 5.91 Å². The van der Waals surface area contributed by atoms with Crippen LogP contribution in [0.2, 0.25) is 0 Å². The van der Waals surface area contributed by atoms with Gasteiger partial charge in [-0.2, -0.15) is 0 Å². The summed E-state index contributed by atoms with van der Waals surface area (Å²) in [5.41, 5.74) is 4.93. The predicted octanol–water partition coefficient (Wildman–Crippen LogP) is 5.90. The van der Waals surface area contributed by atoms with Crippen LogP contribution in [0.1, 0.15) is 44.0 Å². The number of nitrogens with zero attached hydrogens (tertiary/aromatic N) is 1. The van der Waals surface area contributed by atoms with E-state index in [2.05, 4.69) is 10.6 Å². The van der Waals surface area contributed by atoms with E-state index in [9.17, 15) is 19.5 Å². The van der Waals surface area contributed by atoms with E-state index in [1.165, 1.54) is 23.9 Å². The Kier molecular flexibility index (Phi) is 7.89. The van der Waals surface area contributed by atoms with Gasteiger partial charge in [-0.15, -0.1) is 11.8 Å². The first-order valence-electron chi connectivity index (χ1n) is 12.9. The Morgan fingerprint density at radius 1 is 0.900 bits per heavy atom. The molecule has 0 spiro atoms. The van der Waals surface area contributed by atoms with Crippen LogP contribution in [0.5, 0.6) is 5.75 Å². The van der Waals surface area contributed by atoms with E-state index in [0.717, 1.165) is 16.7 Å². The lowest BCUT2D eigenvalue weighted by Crippen LogP contribution is -2.37. The molecular weight excluding hydrogens is 522 g/mol. The number of nitrogens with one attached hydrogen (secondary N) is 2. The molecule has 0 radical (unpaired) electrons. The van der Waals surface area contributed by atoms with Crippen molar-refractivity contribution in [3.63, 3.8) is 0 Å². The molecule has 1 aliphatic heterocycles. The normalized spacial score (nSPS) is 15.5. The van der Waals surface area contributed by atoms with Crippen LogP contribution in [0.3, 0.4) is 0 Å². The average molecular weight is 552 g/mol. The molecule has 0 saturated carbocycles. The van der Waals surface area contributed by atoms with E-state index in [1.54, 1.807) is 35.2 Å². The predicted molar refractivity (Wildman–Crippen MR) is 158 cm³/mol. The molecule has 202 valence electrons. The first-order valence-corrected chi connectivity index (χ1v) is 13.9. The Morgan fingerprint density at radius 3 is 2.27 bits per heavy atom. The van der Waals surface area contributed by atoms with Crippen LogP contribution in [-0.4, -0.2) is 28.6 Å². The summed E-state index contributed by atoms with van der Waals surface area (Å²) in [5.74, 6) is -0.517. The standard InChI is InChI=1S/C32H29N3O4S/c1-20-8-6-9-21(2)28(20)33-31(39)29(22-14-16-26(36)17-15-22)34-30(38)24-12-7-13-25(18-24)35-27(37)19-40-32(35)23-10-4-3-5-11-23/h3-18,29,32,36H,19H2,1-2H3,(H,33,39)(H,34,38)/t29-,32+/m1/s1. The van der Waals surface area contributed by atoms with Crippen LogP contribution in [0.4, 0.5) is 11.4 Å². The number of thioether (sulfide) groups is 1. The van der Waals surface area contributed by atoms with Crippen LogP contribution >= 0.6 is 11.8 Å². The van der Waals surface area contributed by atoms with E-state index in [-0.39, 0.29) is 17.0 Å². The van der Waals surface area contributed by atoms with Crippen LogP contribution in [0, 0.1) is 13.8 Å². The van der Waals surface area contributed by atoms with Crippen molar-refractivity contribution in [1.29, 1.82) is 0 Å². The largest absolute Gasteiger partial charge is 0.508 e. The van der Waals surface area contributed by atoms with Gasteiger partial charge in [-0.3, -0.25) is 19.3 Å². The first kappa shape index (κ1) is 27.0. The minimum Gasteiger partial charge on any atom is -0.508 e. The second-order valence-corrected chi connectivity index (χ2v) is 10.7. The van der Waals surface area contributed by atoms with Gasteiger partial charge >= 0.3 is 0 Å². The van der Waals surface area contributed by atoms with Crippen molar-refractivity contribution in [2.24, 2.45) is 0 Å². The Bertz CT molecular complexity index is 1540. The maximum atomic E-state index is 13.5. The molecule has 0 aliphatic carbocycles. The fourth-order valence-corrected chi connectivity index (χ4v) is 5.93. The molecule has 3 N–H and O–H groups in total. The van der Waals surface area contributed by atoms with E-state index in [1.807, 2.05) is 68.4 Å². The zero-order valence-electron chi connectivity index (χ0n) is 22.1. The lowest BCUT2D eigenvalue weighted by atomic mass is 10.0. The molecule has 0 aromatic heterocycles. The zero-order chi connectivity index (χ0) is 28.2. The van der Waals surface area contributed by atoms with Crippen LogP contribution in [0.25, 0.3) is 0 Å². The van der Waals surface area contributed by atoms with E-state index < -0.39 is 17.9 Å². The fraction of sp³-hybridized carbons (Fsp3) is 0.156. The molecule has 1 saturated heterocycles. The number of phenols is 1. The Morgan fingerprint density at radius 2 is 1.57 bits per heavy atom. The zero-order valence-corrected chi connectivity index (χ0v) is 22.9. The smallest absolute Gasteiger partial charge is 0.252 e. The first-order chi connectivity index (χ1) is 19.3. The van der Waals surface area contributed by atoms with Gasteiger partial charge < -0.3 is 15.7 Å². The molecule has 5 rings (SSSR count). The van der Waals surface area contributed by atoms with Gasteiger partial charge in [0, 0.05) is 16.9 Å². The number of para-hydroxylation sites is 1. The second-order valence-electron chi connectivity index (χ2n) is 9.64. The highest BCUT2D eigenvalue weighted by Gasteiger charge is 2.34. The fourth-order valence-electron chi connectivity index (χ4n) is 4.75. The highest BCUT2D eigenvalue weighted by atomic mass is 32.2. The number of benzene rings is 4. The van der Waals surface area contributed by atoms with Gasteiger partial charge in [0.05, 0.1) is 5.75 Å². The van der Waals surface area contributed by atoms with Crippen molar-refractivity contribution < 1.29 is 19.5 Å². The summed E-state index contributed by atoms with van der Waals surface area (Å²) in [6, 6.07) is 27.5. The number of aryl methyl sites for hydroxylation is 2. The Balaban J connectivity index is 1.42. The molecule has 1 fully saturated rings. The highest BCUT2D eigenvalue weighted by molar-refractivity contribution is 8.00. The van der Waals surface area contributed by atoms with Crippen molar-refractivity contribution in [3.05, 3.63) is 125 Å². The number of carbonyl (C=O) groups excluding carboxylic acids is 3. The highest BCUT2D eigenvalue weighted by Crippen LogP contribution is 2.41. The van der Waals surface area contributed by atoms with Gasteiger partial charge in [-0.1, -0.05) is 66.7 Å². The summed E-state index contributed by atoms with van der Waals surface area (Å²) in [6.45, 7) is 3.81. The number of amides is 3. The third-order valence-electron chi connectivity index (χ3n) is 6.83. The topological polar surface area (TPSA) is 98.7 Å². The molecule has 40 heavy (non-hydrogen) atoms. The molecule has 0 bridgehead atoms. The second kappa shape index (κ2) is 11.7. The minimum absolute atomic E-state index is 0.0358. The number of rotatable bonds is 7. The number of phenolic OH excluding ortho intramolecular Hbond substituents is 1. The average Bonchev–Trinajstić information content (AvgIpc) is 3.36. The third kappa shape index (κ3) is 5.72. The quantitative estimate of drug-likeness (QED) is 0.266. The molecule has 1 aliphatic rings. The van der Waals surface area contributed by atoms with Crippen LogP contribution in [-0.2, 0) is 9.59 Å². The molecule has 4 aromatic carbocycles. The summed E-state index contributed by atoms with van der Waals surface area (Å²) in [4.78, 5) is 41.7. The van der Waals surface area contributed by atoms with Gasteiger partial charge in [-0.25, -0.2) is 0 Å².